The van der Waals surface area contributed by atoms with Crippen molar-refractivity contribution in [1.82, 2.24) is 15.1 Å². The van der Waals surface area contributed by atoms with Crippen molar-refractivity contribution in [2.24, 2.45) is 11.8 Å². The molecule has 0 bridgehead atoms. The minimum Gasteiger partial charge on any atom is -0.342 e. The van der Waals surface area contributed by atoms with Crippen LogP contribution in [0.25, 0.3) is 0 Å². The number of carbonyl (C=O) groups is 1. The molecule has 0 aromatic heterocycles. The van der Waals surface area contributed by atoms with Gasteiger partial charge in [0.15, 0.2) is 0 Å². The fourth-order valence-electron chi connectivity index (χ4n) is 3.77. The van der Waals surface area contributed by atoms with Crippen molar-refractivity contribution in [3.63, 3.8) is 0 Å². The van der Waals surface area contributed by atoms with Crippen LogP contribution in [-0.2, 0) is 4.79 Å². The Kier molecular flexibility index (Phi) is 6.77. The van der Waals surface area contributed by atoms with Gasteiger partial charge in [0, 0.05) is 26.2 Å². The van der Waals surface area contributed by atoms with Gasteiger partial charge in [-0.1, -0.05) is 0 Å². The second-order valence-electron chi connectivity index (χ2n) is 6.81. The summed E-state index contributed by atoms with van der Waals surface area (Å²) in [6.07, 6.45) is 7.97. The molecule has 3 aliphatic rings. The molecule has 122 valence electrons. The first kappa shape index (κ1) is 17.0. The third-order valence-electron chi connectivity index (χ3n) is 5.34. The van der Waals surface area contributed by atoms with Crippen molar-refractivity contribution < 1.29 is 4.79 Å². The average Bonchev–Trinajstić information content (AvgIpc) is 2.91. The minimum atomic E-state index is 0. The number of likely N-dealkylation sites (tertiary alicyclic amines) is 2. The molecule has 1 N–H and O–H groups in total. The zero-order chi connectivity index (χ0) is 13.8. The van der Waals surface area contributed by atoms with Gasteiger partial charge in [-0.3, -0.25) is 4.79 Å². The third kappa shape index (κ3) is 4.57. The monoisotopic (exact) mass is 315 g/mol. The van der Waals surface area contributed by atoms with Gasteiger partial charge in [-0.2, -0.15) is 0 Å². The summed E-state index contributed by atoms with van der Waals surface area (Å²) in [6.45, 7) is 7.74. The third-order valence-corrected chi connectivity index (χ3v) is 5.34. The van der Waals surface area contributed by atoms with Crippen molar-refractivity contribution in [3.05, 3.63) is 0 Å². The van der Waals surface area contributed by atoms with Gasteiger partial charge in [-0.05, 0) is 64.1 Å². The molecule has 4 nitrogen and oxygen atoms in total. The predicted octanol–water partition coefficient (Wildman–Crippen LogP) is 1.74. The maximum absolute atomic E-state index is 12.2. The predicted molar refractivity (Wildman–Crippen MR) is 87.8 cm³/mol. The molecule has 1 amide bonds. The Morgan fingerprint density at radius 2 is 1.71 bits per heavy atom. The van der Waals surface area contributed by atoms with E-state index in [1.54, 1.807) is 0 Å². The lowest BCUT2D eigenvalue weighted by Crippen LogP contribution is -2.53. The highest BCUT2D eigenvalue weighted by molar-refractivity contribution is 5.85. The van der Waals surface area contributed by atoms with Crippen LogP contribution in [0, 0.1) is 11.8 Å². The van der Waals surface area contributed by atoms with Gasteiger partial charge >= 0.3 is 0 Å². The Morgan fingerprint density at radius 1 is 1.05 bits per heavy atom. The van der Waals surface area contributed by atoms with Gasteiger partial charge < -0.3 is 15.1 Å². The largest absolute Gasteiger partial charge is 0.342 e. The van der Waals surface area contributed by atoms with Crippen molar-refractivity contribution in [3.8, 4) is 0 Å². The minimum absolute atomic E-state index is 0. The molecule has 0 unspecified atom stereocenters. The molecule has 3 fully saturated rings. The van der Waals surface area contributed by atoms with E-state index >= 15 is 0 Å². The van der Waals surface area contributed by atoms with Crippen LogP contribution in [0.3, 0.4) is 0 Å². The summed E-state index contributed by atoms with van der Waals surface area (Å²) in [5.41, 5.74) is 0. The quantitative estimate of drug-likeness (QED) is 0.839. The summed E-state index contributed by atoms with van der Waals surface area (Å²) in [5.74, 6) is 1.54. The zero-order valence-corrected chi connectivity index (χ0v) is 13.9. The maximum atomic E-state index is 12.2. The summed E-state index contributed by atoms with van der Waals surface area (Å²) >= 11 is 0. The summed E-state index contributed by atoms with van der Waals surface area (Å²) in [4.78, 5) is 16.9. The van der Waals surface area contributed by atoms with Crippen LogP contribution < -0.4 is 5.32 Å². The topological polar surface area (TPSA) is 35.6 Å². The first-order valence-corrected chi connectivity index (χ1v) is 8.55. The van der Waals surface area contributed by atoms with Crippen molar-refractivity contribution in [2.45, 2.75) is 38.5 Å². The molecule has 3 saturated heterocycles. The number of nitrogens with one attached hydrogen (secondary N) is 1. The van der Waals surface area contributed by atoms with Crippen LogP contribution in [-0.4, -0.2) is 61.5 Å². The molecule has 0 aromatic rings. The number of piperidine rings is 1. The Bertz CT molecular complexity index is 321. The number of hydrogen-bond donors (Lipinski definition) is 1. The zero-order valence-electron chi connectivity index (χ0n) is 13.1. The number of hydrogen-bond acceptors (Lipinski definition) is 3. The Hall–Kier alpha value is -0.320. The molecule has 3 heterocycles. The standard InChI is InChI=1S/C16H29N3O.ClH/c20-16(15-12-17-13-15)19-10-5-14(6-11-19)4-3-9-18-7-1-2-8-18;/h14-15,17H,1-13H2;1H. The van der Waals surface area contributed by atoms with E-state index in [1.165, 1.54) is 58.2 Å². The maximum Gasteiger partial charge on any atom is 0.228 e. The molecular weight excluding hydrogens is 286 g/mol. The molecule has 0 saturated carbocycles. The average molecular weight is 316 g/mol. The van der Waals surface area contributed by atoms with Crippen LogP contribution >= 0.6 is 12.4 Å². The van der Waals surface area contributed by atoms with E-state index in [-0.39, 0.29) is 18.3 Å². The van der Waals surface area contributed by atoms with E-state index in [0.717, 1.165) is 32.1 Å². The molecule has 0 atom stereocenters. The van der Waals surface area contributed by atoms with Crippen LogP contribution in [0.15, 0.2) is 0 Å². The van der Waals surface area contributed by atoms with Gasteiger partial charge in [0.25, 0.3) is 0 Å². The number of rotatable bonds is 5. The van der Waals surface area contributed by atoms with Crippen molar-refractivity contribution >= 4 is 18.3 Å². The lowest BCUT2D eigenvalue weighted by molar-refractivity contribution is -0.138. The Balaban J connectivity index is 0.00000161. The molecule has 0 aromatic carbocycles. The molecule has 21 heavy (non-hydrogen) atoms. The molecule has 0 radical (unpaired) electrons. The first-order chi connectivity index (χ1) is 9.83. The van der Waals surface area contributed by atoms with Crippen LogP contribution in [0.1, 0.15) is 38.5 Å². The van der Waals surface area contributed by atoms with Crippen LogP contribution in [0.2, 0.25) is 0 Å². The number of carbonyl (C=O) groups excluding carboxylic acids is 1. The molecule has 3 rings (SSSR count). The van der Waals surface area contributed by atoms with E-state index in [4.69, 9.17) is 0 Å². The molecule has 3 aliphatic heterocycles. The number of amides is 1. The smallest absolute Gasteiger partial charge is 0.228 e. The summed E-state index contributed by atoms with van der Waals surface area (Å²) in [6, 6.07) is 0. The van der Waals surface area contributed by atoms with Gasteiger partial charge in [0.1, 0.15) is 0 Å². The highest BCUT2D eigenvalue weighted by Gasteiger charge is 2.31. The number of nitrogens with zero attached hydrogens (tertiary/aromatic N) is 2. The van der Waals surface area contributed by atoms with Crippen LogP contribution in [0.5, 0.6) is 0 Å². The normalized spacial score (nSPS) is 24.7. The lowest BCUT2D eigenvalue weighted by Gasteiger charge is -2.37. The van der Waals surface area contributed by atoms with Gasteiger partial charge in [0.2, 0.25) is 5.91 Å². The van der Waals surface area contributed by atoms with Gasteiger partial charge in [-0.15, -0.1) is 12.4 Å². The highest BCUT2D eigenvalue weighted by Crippen LogP contribution is 2.24. The number of halogens is 1. The van der Waals surface area contributed by atoms with E-state index in [1.807, 2.05) is 0 Å². The molecule has 0 aliphatic carbocycles. The molecule has 0 spiro atoms. The van der Waals surface area contributed by atoms with Gasteiger partial charge in [-0.25, -0.2) is 0 Å². The van der Waals surface area contributed by atoms with Crippen molar-refractivity contribution in [2.75, 3.05) is 45.8 Å². The fraction of sp³-hybridized carbons (Fsp3) is 0.938. The van der Waals surface area contributed by atoms with E-state index in [9.17, 15) is 4.79 Å². The van der Waals surface area contributed by atoms with Crippen LogP contribution in [0.4, 0.5) is 0 Å². The summed E-state index contributed by atoms with van der Waals surface area (Å²) < 4.78 is 0. The molecular formula is C16H30ClN3O. The SMILES string of the molecule is Cl.O=C(C1CNC1)N1CCC(CCCN2CCCC2)CC1. The second-order valence-corrected chi connectivity index (χ2v) is 6.81. The lowest BCUT2D eigenvalue weighted by atomic mass is 9.91. The van der Waals surface area contributed by atoms with E-state index < -0.39 is 0 Å². The van der Waals surface area contributed by atoms with E-state index in [2.05, 4.69) is 15.1 Å². The first-order valence-electron chi connectivity index (χ1n) is 8.55. The Morgan fingerprint density at radius 3 is 2.29 bits per heavy atom. The highest BCUT2D eigenvalue weighted by atomic mass is 35.5. The Labute approximate surface area is 135 Å². The summed E-state index contributed by atoms with van der Waals surface area (Å²) in [5, 5.41) is 3.19. The molecule has 5 heteroatoms. The fourth-order valence-corrected chi connectivity index (χ4v) is 3.77. The van der Waals surface area contributed by atoms with E-state index in [0.29, 0.717) is 5.91 Å². The van der Waals surface area contributed by atoms with Crippen molar-refractivity contribution in [1.29, 1.82) is 0 Å². The summed E-state index contributed by atoms with van der Waals surface area (Å²) in [7, 11) is 0. The second kappa shape index (κ2) is 8.35. The van der Waals surface area contributed by atoms with Gasteiger partial charge in [0.05, 0.1) is 5.92 Å².